The van der Waals surface area contributed by atoms with E-state index in [1.807, 2.05) is 30.3 Å². The molecule has 0 spiro atoms. The highest BCUT2D eigenvalue weighted by atomic mass is 35.5. The number of aryl methyl sites for hydroxylation is 1. The van der Waals surface area contributed by atoms with Gasteiger partial charge in [0.2, 0.25) is 5.91 Å². The molecule has 1 aromatic carbocycles. The SMILES string of the molecule is Cl.Cl.Nc1ccc2c(c1)CCCC2NC(=O)CCSCc1ccccn1. The standard InChI is InChI=1S/C19H23N3OS.2ClH/c20-15-7-8-17-14(12-15)4-3-6-18(17)22-19(23)9-11-24-13-16-5-1-2-10-21-16;;/h1-2,5,7-8,10,12,18H,3-4,6,9,11,13,20H2,(H,22,23);2*1H. The predicted octanol–water partition coefficient (Wildman–Crippen LogP) is 4.32. The number of benzene rings is 1. The van der Waals surface area contributed by atoms with E-state index in [1.165, 1.54) is 11.1 Å². The van der Waals surface area contributed by atoms with Gasteiger partial charge in [-0.1, -0.05) is 12.1 Å². The zero-order valence-electron chi connectivity index (χ0n) is 14.5. The summed E-state index contributed by atoms with van der Waals surface area (Å²) in [5.74, 6) is 1.78. The molecule has 1 aromatic heterocycles. The number of nitrogens with one attached hydrogen (secondary N) is 1. The largest absolute Gasteiger partial charge is 0.399 e. The molecule has 1 heterocycles. The maximum absolute atomic E-state index is 12.2. The van der Waals surface area contributed by atoms with E-state index in [1.54, 1.807) is 18.0 Å². The summed E-state index contributed by atoms with van der Waals surface area (Å²) in [5, 5.41) is 3.18. The van der Waals surface area contributed by atoms with Crippen LogP contribution in [0.15, 0.2) is 42.6 Å². The third kappa shape index (κ3) is 6.38. The van der Waals surface area contributed by atoms with Gasteiger partial charge in [-0.15, -0.1) is 24.8 Å². The number of hydrogen-bond donors (Lipinski definition) is 2. The number of nitrogens with zero attached hydrogens (tertiary/aromatic N) is 1. The van der Waals surface area contributed by atoms with Crippen LogP contribution in [0.5, 0.6) is 0 Å². The summed E-state index contributed by atoms with van der Waals surface area (Å²) in [4.78, 5) is 16.5. The normalized spacial score (nSPS) is 15.2. The third-order valence-electron chi connectivity index (χ3n) is 4.27. The van der Waals surface area contributed by atoms with E-state index in [-0.39, 0.29) is 36.8 Å². The van der Waals surface area contributed by atoms with E-state index in [9.17, 15) is 4.79 Å². The van der Waals surface area contributed by atoms with E-state index in [0.717, 1.165) is 42.1 Å². The number of carbonyl (C=O) groups is 1. The topological polar surface area (TPSA) is 68.0 Å². The summed E-state index contributed by atoms with van der Waals surface area (Å²) in [6.07, 6.45) is 5.49. The third-order valence-corrected chi connectivity index (χ3v) is 5.26. The van der Waals surface area contributed by atoms with Crippen LogP contribution in [0.2, 0.25) is 0 Å². The number of nitrogen functional groups attached to an aromatic ring is 1. The Morgan fingerprint density at radius 1 is 1.27 bits per heavy atom. The molecule has 7 heteroatoms. The molecule has 3 N–H and O–H groups in total. The number of fused-ring (bicyclic) bond motifs is 1. The van der Waals surface area contributed by atoms with Gasteiger partial charge in [0.25, 0.3) is 0 Å². The van der Waals surface area contributed by atoms with Crippen molar-refractivity contribution in [2.45, 2.75) is 37.5 Å². The molecule has 0 radical (unpaired) electrons. The first kappa shape index (κ1) is 22.6. The quantitative estimate of drug-likeness (QED) is 0.546. The molecule has 26 heavy (non-hydrogen) atoms. The van der Waals surface area contributed by atoms with Gasteiger partial charge >= 0.3 is 0 Å². The van der Waals surface area contributed by atoms with Crippen LogP contribution < -0.4 is 11.1 Å². The van der Waals surface area contributed by atoms with Crippen LogP contribution in [-0.4, -0.2) is 16.6 Å². The van der Waals surface area contributed by atoms with Crippen LogP contribution in [0.1, 0.15) is 42.1 Å². The summed E-state index contributed by atoms with van der Waals surface area (Å²) in [6, 6.07) is 12.1. The smallest absolute Gasteiger partial charge is 0.221 e. The van der Waals surface area contributed by atoms with Crippen molar-refractivity contribution in [3.05, 3.63) is 59.4 Å². The monoisotopic (exact) mass is 413 g/mol. The van der Waals surface area contributed by atoms with Crippen LogP contribution in [0.4, 0.5) is 5.69 Å². The highest BCUT2D eigenvalue weighted by Gasteiger charge is 2.21. The van der Waals surface area contributed by atoms with Crippen molar-refractivity contribution in [3.8, 4) is 0 Å². The van der Waals surface area contributed by atoms with Gasteiger partial charge in [-0.25, -0.2) is 0 Å². The summed E-state index contributed by atoms with van der Waals surface area (Å²) in [7, 11) is 0. The summed E-state index contributed by atoms with van der Waals surface area (Å²) in [6.45, 7) is 0. The van der Waals surface area contributed by atoms with Crippen LogP contribution in [-0.2, 0) is 17.0 Å². The Balaban J connectivity index is 0.00000169. The number of carbonyl (C=O) groups excluding carboxylic acids is 1. The first-order chi connectivity index (χ1) is 11.7. The molecule has 0 fully saturated rings. The van der Waals surface area contributed by atoms with Crippen molar-refractivity contribution in [1.82, 2.24) is 10.3 Å². The van der Waals surface area contributed by atoms with E-state index in [4.69, 9.17) is 5.73 Å². The number of nitrogens with two attached hydrogens (primary N) is 1. The number of pyridine rings is 1. The number of hydrogen-bond acceptors (Lipinski definition) is 4. The van der Waals surface area contributed by atoms with Crippen LogP contribution in [0, 0.1) is 0 Å². The average Bonchev–Trinajstić information content (AvgIpc) is 2.59. The lowest BCUT2D eigenvalue weighted by Crippen LogP contribution is -2.31. The molecule has 0 saturated carbocycles. The van der Waals surface area contributed by atoms with Crippen molar-refractivity contribution in [2.24, 2.45) is 0 Å². The zero-order valence-corrected chi connectivity index (χ0v) is 17.0. The summed E-state index contributed by atoms with van der Waals surface area (Å²) < 4.78 is 0. The van der Waals surface area contributed by atoms with Crippen molar-refractivity contribution >= 4 is 48.2 Å². The molecular weight excluding hydrogens is 389 g/mol. The summed E-state index contributed by atoms with van der Waals surface area (Å²) in [5.41, 5.74) is 10.2. The van der Waals surface area contributed by atoms with E-state index in [0.29, 0.717) is 6.42 Å². The van der Waals surface area contributed by atoms with Gasteiger partial charge in [0.05, 0.1) is 11.7 Å². The van der Waals surface area contributed by atoms with Gasteiger partial charge in [-0.3, -0.25) is 9.78 Å². The van der Waals surface area contributed by atoms with E-state index >= 15 is 0 Å². The minimum absolute atomic E-state index is 0. The van der Waals surface area contributed by atoms with Gasteiger partial charge in [-0.05, 0) is 54.7 Å². The molecule has 2 aromatic rings. The summed E-state index contributed by atoms with van der Waals surface area (Å²) >= 11 is 1.74. The molecule has 1 aliphatic rings. The van der Waals surface area contributed by atoms with Gasteiger partial charge in [0.1, 0.15) is 0 Å². The maximum Gasteiger partial charge on any atom is 0.221 e. The number of halogens is 2. The molecule has 142 valence electrons. The fourth-order valence-corrected chi connectivity index (χ4v) is 3.93. The molecule has 1 atom stereocenters. The van der Waals surface area contributed by atoms with E-state index < -0.39 is 0 Å². The second-order valence-corrected chi connectivity index (χ2v) is 7.20. The second kappa shape index (κ2) is 11.3. The molecule has 1 aliphatic carbocycles. The lowest BCUT2D eigenvalue weighted by molar-refractivity contribution is -0.121. The molecular formula is C19H25Cl2N3OS. The predicted molar refractivity (Wildman–Crippen MR) is 114 cm³/mol. The Labute approximate surface area is 171 Å². The van der Waals surface area contributed by atoms with Crippen molar-refractivity contribution in [3.63, 3.8) is 0 Å². The number of thioether (sulfide) groups is 1. The molecule has 3 rings (SSSR count). The number of amides is 1. The first-order valence-corrected chi connectivity index (χ1v) is 9.53. The number of aromatic nitrogens is 1. The van der Waals surface area contributed by atoms with Crippen molar-refractivity contribution < 1.29 is 4.79 Å². The Hall–Kier alpha value is -1.43. The molecule has 0 aliphatic heterocycles. The van der Waals surface area contributed by atoms with Crippen LogP contribution in [0.25, 0.3) is 0 Å². The molecule has 4 nitrogen and oxygen atoms in total. The van der Waals surface area contributed by atoms with Gasteiger partial charge < -0.3 is 11.1 Å². The number of anilines is 1. The lowest BCUT2D eigenvalue weighted by Gasteiger charge is -2.26. The van der Waals surface area contributed by atoms with Crippen LogP contribution >= 0.6 is 36.6 Å². The van der Waals surface area contributed by atoms with Crippen molar-refractivity contribution in [2.75, 3.05) is 11.5 Å². The van der Waals surface area contributed by atoms with Gasteiger partial charge in [0.15, 0.2) is 0 Å². The number of rotatable bonds is 6. The van der Waals surface area contributed by atoms with Crippen LogP contribution in [0.3, 0.4) is 0 Å². The Bertz CT molecular complexity index is 700. The van der Waals surface area contributed by atoms with Gasteiger partial charge in [0, 0.05) is 29.8 Å². The Morgan fingerprint density at radius 3 is 2.88 bits per heavy atom. The van der Waals surface area contributed by atoms with Crippen molar-refractivity contribution in [1.29, 1.82) is 0 Å². The molecule has 1 amide bonds. The van der Waals surface area contributed by atoms with Gasteiger partial charge in [-0.2, -0.15) is 11.8 Å². The maximum atomic E-state index is 12.2. The molecule has 0 saturated heterocycles. The Kier molecular flexibility index (Phi) is 9.84. The minimum Gasteiger partial charge on any atom is -0.399 e. The van der Waals surface area contributed by atoms with E-state index in [2.05, 4.69) is 16.4 Å². The second-order valence-electron chi connectivity index (χ2n) is 6.09. The lowest BCUT2D eigenvalue weighted by atomic mass is 9.87. The fraction of sp³-hybridized carbons (Fsp3) is 0.368. The first-order valence-electron chi connectivity index (χ1n) is 8.37. The highest BCUT2D eigenvalue weighted by molar-refractivity contribution is 7.98. The average molecular weight is 414 g/mol. The Morgan fingerprint density at radius 2 is 2.12 bits per heavy atom. The molecule has 0 bridgehead atoms. The highest BCUT2D eigenvalue weighted by Crippen LogP contribution is 2.31. The molecule has 1 unspecified atom stereocenters. The minimum atomic E-state index is 0. The zero-order chi connectivity index (χ0) is 16.8. The fourth-order valence-electron chi connectivity index (χ4n) is 3.08.